The molecule has 0 atom stereocenters. The van der Waals surface area contributed by atoms with Crippen molar-refractivity contribution >= 4 is 10.0 Å². The Balaban J connectivity index is 2.91. The average molecular weight is 275 g/mol. The third-order valence-electron chi connectivity index (χ3n) is 3.68. The minimum atomic E-state index is -3.15. The van der Waals surface area contributed by atoms with E-state index in [0.29, 0.717) is 5.92 Å². The fraction of sp³-hybridized carbons (Fsp3) is 1.00. The van der Waals surface area contributed by atoms with Crippen LogP contribution < -0.4 is 0 Å². The summed E-state index contributed by atoms with van der Waals surface area (Å²) in [4.78, 5) is 0. The highest BCUT2D eigenvalue weighted by atomic mass is 32.2. The van der Waals surface area contributed by atoms with Gasteiger partial charge in [0.15, 0.2) is 0 Å². The van der Waals surface area contributed by atoms with E-state index in [1.165, 1.54) is 0 Å². The Labute approximate surface area is 113 Å². The maximum Gasteiger partial charge on any atom is 0.217 e. The van der Waals surface area contributed by atoms with Crippen LogP contribution in [0.3, 0.4) is 0 Å². The standard InChI is InChI=1S/C14H29NO2S/c1-11(2)9-10-14(5,6)15(13-7-8-13)18(16,17)12(3)4/h11-13H,7-10H2,1-6H3. The number of hydrogen-bond acceptors (Lipinski definition) is 2. The van der Waals surface area contributed by atoms with E-state index in [1.54, 1.807) is 13.8 Å². The molecule has 1 aliphatic rings. The van der Waals surface area contributed by atoms with Crippen LogP contribution in [0.2, 0.25) is 0 Å². The van der Waals surface area contributed by atoms with Gasteiger partial charge in [-0.1, -0.05) is 13.8 Å². The molecule has 0 aromatic rings. The Bertz CT molecular complexity index is 367. The molecule has 1 saturated carbocycles. The molecule has 0 heterocycles. The molecule has 108 valence electrons. The zero-order chi connectivity index (χ0) is 14.1. The molecule has 0 spiro atoms. The van der Waals surface area contributed by atoms with Crippen molar-refractivity contribution in [2.45, 2.75) is 84.1 Å². The van der Waals surface area contributed by atoms with Gasteiger partial charge in [-0.25, -0.2) is 8.42 Å². The molecule has 0 saturated heterocycles. The number of hydrogen-bond donors (Lipinski definition) is 0. The van der Waals surface area contributed by atoms with Crippen molar-refractivity contribution in [2.24, 2.45) is 5.92 Å². The van der Waals surface area contributed by atoms with E-state index in [0.717, 1.165) is 25.7 Å². The van der Waals surface area contributed by atoms with Crippen molar-refractivity contribution in [3.63, 3.8) is 0 Å². The number of rotatable bonds is 7. The van der Waals surface area contributed by atoms with Crippen LogP contribution in [0.4, 0.5) is 0 Å². The predicted molar refractivity (Wildman–Crippen MR) is 77.1 cm³/mol. The Morgan fingerprint density at radius 3 is 2.00 bits per heavy atom. The van der Waals surface area contributed by atoms with Gasteiger partial charge in [-0.05, 0) is 59.3 Å². The molecule has 0 unspecified atom stereocenters. The lowest BCUT2D eigenvalue weighted by Gasteiger charge is -2.39. The monoisotopic (exact) mass is 275 g/mol. The van der Waals surface area contributed by atoms with E-state index in [1.807, 2.05) is 4.31 Å². The SMILES string of the molecule is CC(C)CCC(C)(C)N(C1CC1)S(=O)(=O)C(C)C. The average Bonchev–Trinajstić information content (AvgIpc) is 2.98. The zero-order valence-corrected chi connectivity index (χ0v) is 13.5. The second kappa shape index (κ2) is 5.49. The molecule has 1 fully saturated rings. The Morgan fingerprint density at radius 1 is 1.17 bits per heavy atom. The normalized spacial score (nSPS) is 18.1. The van der Waals surface area contributed by atoms with Crippen LogP contribution in [0, 0.1) is 5.92 Å². The molecule has 0 N–H and O–H groups in total. The maximum atomic E-state index is 12.5. The fourth-order valence-electron chi connectivity index (χ4n) is 2.33. The van der Waals surface area contributed by atoms with Crippen molar-refractivity contribution in [2.75, 3.05) is 0 Å². The van der Waals surface area contributed by atoms with E-state index in [9.17, 15) is 8.42 Å². The van der Waals surface area contributed by atoms with Crippen molar-refractivity contribution in [1.29, 1.82) is 0 Å². The van der Waals surface area contributed by atoms with Gasteiger partial charge in [0, 0.05) is 11.6 Å². The van der Waals surface area contributed by atoms with Gasteiger partial charge in [-0.2, -0.15) is 4.31 Å². The van der Waals surface area contributed by atoms with Gasteiger partial charge in [0.25, 0.3) is 0 Å². The molecule has 4 heteroatoms. The molecule has 1 aliphatic carbocycles. The van der Waals surface area contributed by atoms with Gasteiger partial charge in [0.05, 0.1) is 5.25 Å². The molecule has 1 rings (SSSR count). The van der Waals surface area contributed by atoms with Crippen LogP contribution in [0.15, 0.2) is 0 Å². The van der Waals surface area contributed by atoms with E-state index in [4.69, 9.17) is 0 Å². The molecular weight excluding hydrogens is 246 g/mol. The first-order valence-corrected chi connectivity index (χ1v) is 8.62. The summed E-state index contributed by atoms with van der Waals surface area (Å²) in [5.41, 5.74) is -0.255. The summed E-state index contributed by atoms with van der Waals surface area (Å²) in [5, 5.41) is -0.323. The first kappa shape index (κ1) is 16.0. The summed E-state index contributed by atoms with van der Waals surface area (Å²) in [6, 6.07) is 0.250. The second-order valence-electron chi connectivity index (χ2n) is 6.87. The molecule has 0 aromatic carbocycles. The molecule has 0 aromatic heterocycles. The van der Waals surface area contributed by atoms with Crippen LogP contribution in [-0.2, 0) is 10.0 Å². The molecule has 3 nitrogen and oxygen atoms in total. The summed E-state index contributed by atoms with van der Waals surface area (Å²) in [6.45, 7) is 12.1. The Kier molecular flexibility index (Phi) is 4.87. The minimum Gasteiger partial charge on any atom is -0.212 e. The topological polar surface area (TPSA) is 37.4 Å². The Hall–Kier alpha value is -0.0900. The van der Waals surface area contributed by atoms with Gasteiger partial charge in [0.1, 0.15) is 0 Å². The van der Waals surface area contributed by atoms with Crippen LogP contribution >= 0.6 is 0 Å². The zero-order valence-electron chi connectivity index (χ0n) is 12.7. The lowest BCUT2D eigenvalue weighted by Crippen LogP contribution is -2.51. The van der Waals surface area contributed by atoms with Crippen molar-refractivity contribution in [1.82, 2.24) is 4.31 Å². The lowest BCUT2D eigenvalue weighted by atomic mass is 9.94. The van der Waals surface area contributed by atoms with Crippen LogP contribution in [-0.4, -0.2) is 29.6 Å². The van der Waals surface area contributed by atoms with Gasteiger partial charge >= 0.3 is 0 Å². The largest absolute Gasteiger partial charge is 0.217 e. The van der Waals surface area contributed by atoms with E-state index >= 15 is 0 Å². The highest BCUT2D eigenvalue weighted by Crippen LogP contribution is 2.39. The van der Waals surface area contributed by atoms with E-state index in [2.05, 4.69) is 27.7 Å². The lowest BCUT2D eigenvalue weighted by molar-refractivity contribution is 0.193. The maximum absolute atomic E-state index is 12.5. The molecule has 18 heavy (non-hydrogen) atoms. The van der Waals surface area contributed by atoms with Gasteiger partial charge in [-0.3, -0.25) is 0 Å². The molecule has 0 bridgehead atoms. The molecule has 0 amide bonds. The number of nitrogens with zero attached hydrogens (tertiary/aromatic N) is 1. The van der Waals surface area contributed by atoms with Gasteiger partial charge in [-0.15, -0.1) is 0 Å². The summed E-state index contributed by atoms with van der Waals surface area (Å²) in [7, 11) is -3.15. The molecule has 0 radical (unpaired) electrons. The van der Waals surface area contributed by atoms with Crippen LogP contribution in [0.1, 0.15) is 67.2 Å². The summed E-state index contributed by atoms with van der Waals surface area (Å²) >= 11 is 0. The van der Waals surface area contributed by atoms with Crippen molar-refractivity contribution in [3.8, 4) is 0 Å². The van der Waals surface area contributed by atoms with Crippen molar-refractivity contribution in [3.05, 3.63) is 0 Å². The quantitative estimate of drug-likeness (QED) is 0.714. The van der Waals surface area contributed by atoms with Crippen molar-refractivity contribution < 1.29 is 8.42 Å². The molecule has 0 aliphatic heterocycles. The van der Waals surface area contributed by atoms with E-state index in [-0.39, 0.29) is 16.8 Å². The minimum absolute atomic E-state index is 0.250. The second-order valence-corrected chi connectivity index (χ2v) is 9.23. The summed E-state index contributed by atoms with van der Waals surface area (Å²) < 4.78 is 26.9. The third-order valence-corrected chi connectivity index (χ3v) is 6.21. The summed E-state index contributed by atoms with van der Waals surface area (Å²) in [5.74, 6) is 0.618. The highest BCUT2D eigenvalue weighted by Gasteiger charge is 2.46. The first-order valence-electron chi connectivity index (χ1n) is 7.12. The van der Waals surface area contributed by atoms with Gasteiger partial charge in [0.2, 0.25) is 10.0 Å². The van der Waals surface area contributed by atoms with Gasteiger partial charge < -0.3 is 0 Å². The Morgan fingerprint density at radius 2 is 1.67 bits per heavy atom. The smallest absolute Gasteiger partial charge is 0.212 e. The first-order chi connectivity index (χ1) is 8.09. The third kappa shape index (κ3) is 3.70. The highest BCUT2D eigenvalue weighted by molar-refractivity contribution is 7.89. The fourth-order valence-corrected chi connectivity index (χ4v) is 4.20. The van der Waals surface area contributed by atoms with Crippen LogP contribution in [0.5, 0.6) is 0 Å². The summed E-state index contributed by atoms with van der Waals surface area (Å²) in [6.07, 6.45) is 4.06. The van der Waals surface area contributed by atoms with E-state index < -0.39 is 10.0 Å². The number of sulfonamides is 1. The molecular formula is C14H29NO2S. The van der Waals surface area contributed by atoms with Crippen LogP contribution in [0.25, 0.3) is 0 Å². The predicted octanol–water partition coefficient (Wildman–Crippen LogP) is 3.40.